The minimum Gasteiger partial charge on any atom is -0.489 e. The molecule has 2 aromatic rings. The van der Waals surface area contributed by atoms with Crippen LogP contribution in [0.4, 0.5) is 0 Å². The fourth-order valence-electron chi connectivity index (χ4n) is 4.38. The lowest BCUT2D eigenvalue weighted by molar-refractivity contribution is 0.0357. The van der Waals surface area contributed by atoms with Gasteiger partial charge >= 0.3 is 0 Å². The molecular formula is C19H24N4O2. The van der Waals surface area contributed by atoms with Crippen LogP contribution in [-0.4, -0.2) is 43.8 Å². The van der Waals surface area contributed by atoms with Gasteiger partial charge in [0.05, 0.1) is 17.5 Å². The van der Waals surface area contributed by atoms with Crippen molar-refractivity contribution in [3.05, 3.63) is 41.5 Å². The Morgan fingerprint density at radius 2 is 1.96 bits per heavy atom. The molecule has 2 saturated heterocycles. The molecule has 0 radical (unpaired) electrons. The van der Waals surface area contributed by atoms with E-state index in [9.17, 15) is 4.79 Å². The monoisotopic (exact) mass is 340 g/mol. The highest BCUT2D eigenvalue weighted by molar-refractivity contribution is 5.97. The minimum atomic E-state index is 0.135. The van der Waals surface area contributed by atoms with E-state index in [1.807, 2.05) is 33.0 Å². The van der Waals surface area contributed by atoms with Crippen molar-refractivity contribution in [2.75, 3.05) is 0 Å². The van der Waals surface area contributed by atoms with Crippen LogP contribution in [0.5, 0.6) is 5.75 Å². The fraction of sp³-hybridized carbons (Fsp3) is 0.526. The molecule has 2 bridgehead atoms. The minimum absolute atomic E-state index is 0.135. The number of hydrogen-bond acceptors (Lipinski definition) is 4. The molecular weight excluding hydrogens is 316 g/mol. The maximum absolute atomic E-state index is 13.2. The summed E-state index contributed by atoms with van der Waals surface area (Å²) in [5, 5.41) is 4.41. The number of pyridine rings is 1. The van der Waals surface area contributed by atoms with Gasteiger partial charge in [-0.2, -0.15) is 5.10 Å². The first-order valence-corrected chi connectivity index (χ1v) is 8.94. The van der Waals surface area contributed by atoms with Crippen molar-refractivity contribution >= 4 is 5.91 Å². The van der Waals surface area contributed by atoms with Gasteiger partial charge in [0.15, 0.2) is 0 Å². The first kappa shape index (κ1) is 16.1. The number of carbonyl (C=O) groups excluding carboxylic acids is 1. The lowest BCUT2D eigenvalue weighted by Crippen LogP contribution is -2.49. The van der Waals surface area contributed by atoms with Gasteiger partial charge in [0.2, 0.25) is 0 Å². The normalized spacial score (nSPS) is 25.2. The molecule has 2 aromatic heterocycles. The van der Waals surface area contributed by atoms with Gasteiger partial charge in [-0.25, -0.2) is 0 Å². The van der Waals surface area contributed by atoms with Gasteiger partial charge in [-0.05, 0) is 38.8 Å². The third kappa shape index (κ3) is 2.79. The Balaban J connectivity index is 1.52. The number of nitrogens with zero attached hydrogens (tertiary/aromatic N) is 4. The maximum atomic E-state index is 13.2. The predicted molar refractivity (Wildman–Crippen MR) is 93.5 cm³/mol. The van der Waals surface area contributed by atoms with Gasteiger partial charge in [0.1, 0.15) is 11.9 Å². The lowest BCUT2D eigenvalue weighted by atomic mass is 9.98. The van der Waals surface area contributed by atoms with E-state index in [0.717, 1.165) is 48.4 Å². The van der Waals surface area contributed by atoms with Crippen LogP contribution in [0, 0.1) is 13.8 Å². The maximum Gasteiger partial charge on any atom is 0.258 e. The second-order valence-corrected chi connectivity index (χ2v) is 7.17. The number of fused-ring (bicyclic) bond motifs is 2. The van der Waals surface area contributed by atoms with E-state index in [-0.39, 0.29) is 24.1 Å². The van der Waals surface area contributed by atoms with Crippen molar-refractivity contribution < 1.29 is 9.53 Å². The average Bonchev–Trinajstić information content (AvgIpc) is 3.01. The number of amides is 1. The van der Waals surface area contributed by atoms with Crippen LogP contribution in [0.1, 0.15) is 47.4 Å². The second-order valence-electron chi connectivity index (χ2n) is 7.17. The van der Waals surface area contributed by atoms with Gasteiger partial charge in [0, 0.05) is 43.9 Å². The summed E-state index contributed by atoms with van der Waals surface area (Å²) in [6.45, 7) is 3.88. The second kappa shape index (κ2) is 6.17. The number of rotatable bonds is 3. The molecule has 0 aromatic carbocycles. The van der Waals surface area contributed by atoms with E-state index in [0.29, 0.717) is 0 Å². The van der Waals surface area contributed by atoms with E-state index in [2.05, 4.69) is 15.0 Å². The number of aryl methyl sites for hydroxylation is 2. The predicted octanol–water partition coefficient (Wildman–Crippen LogP) is 2.65. The Morgan fingerprint density at radius 1 is 1.24 bits per heavy atom. The topological polar surface area (TPSA) is 60.2 Å². The fourth-order valence-corrected chi connectivity index (χ4v) is 4.38. The summed E-state index contributed by atoms with van der Waals surface area (Å²) in [6, 6.07) is 4.34. The Morgan fingerprint density at radius 3 is 2.52 bits per heavy atom. The number of carbonyl (C=O) groups is 1. The highest BCUT2D eigenvalue weighted by Gasteiger charge is 2.45. The third-order valence-electron chi connectivity index (χ3n) is 5.58. The Hall–Kier alpha value is -2.37. The SMILES string of the molecule is Cc1nn(C)c(C)c1C(=O)N1C2CCC1CC(Oc1cccnc1)C2. The van der Waals surface area contributed by atoms with Gasteiger partial charge in [-0.3, -0.25) is 14.5 Å². The van der Waals surface area contributed by atoms with E-state index >= 15 is 0 Å². The highest BCUT2D eigenvalue weighted by Crippen LogP contribution is 2.38. The zero-order chi connectivity index (χ0) is 17.6. The van der Waals surface area contributed by atoms with Crippen LogP contribution < -0.4 is 4.74 Å². The molecule has 6 nitrogen and oxygen atoms in total. The molecule has 25 heavy (non-hydrogen) atoms. The van der Waals surface area contributed by atoms with Crippen LogP contribution >= 0.6 is 0 Å². The van der Waals surface area contributed by atoms with Crippen LogP contribution in [0.3, 0.4) is 0 Å². The van der Waals surface area contributed by atoms with Gasteiger partial charge < -0.3 is 9.64 Å². The summed E-state index contributed by atoms with van der Waals surface area (Å²) in [6.07, 6.45) is 7.54. The van der Waals surface area contributed by atoms with Crippen LogP contribution in [-0.2, 0) is 7.05 Å². The van der Waals surface area contributed by atoms with Crippen LogP contribution in [0.25, 0.3) is 0 Å². The number of piperidine rings is 1. The Kier molecular flexibility index (Phi) is 3.98. The van der Waals surface area contributed by atoms with Crippen molar-refractivity contribution in [3.8, 4) is 5.75 Å². The molecule has 0 saturated carbocycles. The van der Waals surface area contributed by atoms with Crippen molar-refractivity contribution in [1.82, 2.24) is 19.7 Å². The van der Waals surface area contributed by atoms with Crippen LogP contribution in [0.2, 0.25) is 0 Å². The van der Waals surface area contributed by atoms with Crippen molar-refractivity contribution in [3.63, 3.8) is 0 Å². The van der Waals surface area contributed by atoms with Gasteiger partial charge in [-0.1, -0.05) is 0 Å². The first-order valence-electron chi connectivity index (χ1n) is 8.94. The molecule has 2 unspecified atom stereocenters. The van der Waals surface area contributed by atoms with E-state index in [1.165, 1.54) is 0 Å². The third-order valence-corrected chi connectivity index (χ3v) is 5.58. The zero-order valence-electron chi connectivity index (χ0n) is 15.0. The summed E-state index contributed by atoms with van der Waals surface area (Å²) < 4.78 is 7.90. The smallest absolute Gasteiger partial charge is 0.258 e. The summed E-state index contributed by atoms with van der Waals surface area (Å²) in [5.74, 6) is 0.945. The highest BCUT2D eigenvalue weighted by atomic mass is 16.5. The molecule has 0 spiro atoms. The quantitative estimate of drug-likeness (QED) is 0.862. The van der Waals surface area contributed by atoms with E-state index in [4.69, 9.17) is 4.74 Å². The number of aromatic nitrogens is 3. The molecule has 0 aliphatic carbocycles. The Labute approximate surface area is 147 Å². The molecule has 1 amide bonds. The summed E-state index contributed by atoms with van der Waals surface area (Å²) in [7, 11) is 1.89. The summed E-state index contributed by atoms with van der Waals surface area (Å²) in [4.78, 5) is 19.4. The molecule has 4 rings (SSSR count). The average molecular weight is 340 g/mol. The molecule has 132 valence electrons. The molecule has 2 aliphatic rings. The molecule has 2 fully saturated rings. The summed E-state index contributed by atoms with van der Waals surface area (Å²) in [5.41, 5.74) is 2.53. The molecule has 2 aliphatic heterocycles. The van der Waals surface area contributed by atoms with Gasteiger partial charge in [0.25, 0.3) is 5.91 Å². The first-order chi connectivity index (χ1) is 12.0. The van der Waals surface area contributed by atoms with Gasteiger partial charge in [-0.15, -0.1) is 0 Å². The summed E-state index contributed by atoms with van der Waals surface area (Å²) >= 11 is 0. The van der Waals surface area contributed by atoms with E-state index < -0.39 is 0 Å². The van der Waals surface area contributed by atoms with Crippen LogP contribution in [0.15, 0.2) is 24.5 Å². The zero-order valence-corrected chi connectivity index (χ0v) is 15.0. The molecule has 2 atom stereocenters. The molecule has 4 heterocycles. The number of ether oxygens (including phenoxy) is 1. The van der Waals surface area contributed by atoms with Crippen molar-refractivity contribution in [1.29, 1.82) is 0 Å². The Bertz CT molecular complexity index is 772. The van der Waals surface area contributed by atoms with Crippen molar-refractivity contribution in [2.24, 2.45) is 7.05 Å². The van der Waals surface area contributed by atoms with Crippen molar-refractivity contribution in [2.45, 2.75) is 57.7 Å². The molecule has 0 N–H and O–H groups in total. The van der Waals surface area contributed by atoms with E-state index in [1.54, 1.807) is 17.1 Å². The standard InChI is InChI=1S/C19H24N4O2/c1-12-18(13(2)22(3)21-12)19(24)23-14-6-7-15(23)10-17(9-14)25-16-5-4-8-20-11-16/h4-5,8,11,14-15,17H,6-7,9-10H2,1-3H3. The largest absolute Gasteiger partial charge is 0.489 e. The lowest BCUT2D eigenvalue weighted by Gasteiger charge is -2.39. The molecule has 6 heteroatoms. The number of hydrogen-bond donors (Lipinski definition) is 0.